The lowest BCUT2D eigenvalue weighted by Crippen LogP contribution is -2.04. The summed E-state index contributed by atoms with van der Waals surface area (Å²) in [4.78, 5) is 16.3. The van der Waals surface area contributed by atoms with Crippen LogP contribution in [0.4, 0.5) is 0 Å². The third kappa shape index (κ3) is 3.99. The van der Waals surface area contributed by atoms with E-state index in [0.717, 1.165) is 35.7 Å². The van der Waals surface area contributed by atoms with Crippen LogP contribution in [0.3, 0.4) is 0 Å². The Morgan fingerprint density at radius 3 is 2.62 bits per heavy atom. The van der Waals surface area contributed by atoms with Crippen molar-refractivity contribution < 1.29 is 13.9 Å². The van der Waals surface area contributed by atoms with Crippen molar-refractivity contribution in [2.75, 3.05) is 7.11 Å². The molecule has 0 N–H and O–H groups in total. The van der Waals surface area contributed by atoms with Crippen LogP contribution in [-0.2, 0) is 16.0 Å². The minimum atomic E-state index is -0.243. The highest BCUT2D eigenvalue weighted by molar-refractivity contribution is 6.30. The van der Waals surface area contributed by atoms with Crippen LogP contribution in [0.5, 0.6) is 0 Å². The predicted octanol–water partition coefficient (Wildman–Crippen LogP) is 5.15. The van der Waals surface area contributed by atoms with Gasteiger partial charge in [-0.05, 0) is 25.0 Å². The fourth-order valence-electron chi connectivity index (χ4n) is 3.21. The van der Waals surface area contributed by atoms with Crippen LogP contribution in [0.2, 0.25) is 5.02 Å². The average Bonchev–Trinajstić information content (AvgIpc) is 3.05. The van der Waals surface area contributed by atoms with Crippen molar-refractivity contribution in [3.8, 4) is 11.3 Å². The number of esters is 1. The standard InChI is InChI=1S/C19H22ClNO3/c1-23-17(22)12-11-16-18(13-7-9-15(20)10-8-13)21-19(24-16)14-5-3-2-4-6-14/h7-10,14H,2-6,11-12H2,1H3. The number of methoxy groups -OCH3 is 1. The molecule has 3 rings (SSSR count). The highest BCUT2D eigenvalue weighted by Crippen LogP contribution is 2.35. The van der Waals surface area contributed by atoms with Crippen LogP contribution in [0.25, 0.3) is 11.3 Å². The molecule has 1 aliphatic rings. The van der Waals surface area contributed by atoms with Gasteiger partial charge in [-0.1, -0.05) is 43.0 Å². The van der Waals surface area contributed by atoms with E-state index < -0.39 is 0 Å². The van der Waals surface area contributed by atoms with Crippen LogP contribution in [0, 0.1) is 0 Å². The predicted molar refractivity (Wildman–Crippen MR) is 93.1 cm³/mol. The third-order valence-corrected chi connectivity index (χ3v) is 4.82. The second-order valence-electron chi connectivity index (χ2n) is 6.24. The molecular weight excluding hydrogens is 326 g/mol. The number of aryl methyl sites for hydroxylation is 1. The van der Waals surface area contributed by atoms with Gasteiger partial charge in [0.2, 0.25) is 0 Å². The summed E-state index contributed by atoms with van der Waals surface area (Å²) >= 11 is 5.98. The van der Waals surface area contributed by atoms with Gasteiger partial charge in [-0.15, -0.1) is 0 Å². The lowest BCUT2D eigenvalue weighted by molar-refractivity contribution is -0.140. The summed E-state index contributed by atoms with van der Waals surface area (Å²) in [6, 6.07) is 7.56. The van der Waals surface area contributed by atoms with Crippen LogP contribution < -0.4 is 0 Å². The number of benzene rings is 1. The molecule has 1 aliphatic carbocycles. The number of oxazole rings is 1. The summed E-state index contributed by atoms with van der Waals surface area (Å²) < 4.78 is 10.8. The Hall–Kier alpha value is -1.81. The molecule has 1 aromatic heterocycles. The molecule has 0 bridgehead atoms. The van der Waals surface area contributed by atoms with Gasteiger partial charge in [-0.25, -0.2) is 4.98 Å². The lowest BCUT2D eigenvalue weighted by Gasteiger charge is -2.17. The lowest BCUT2D eigenvalue weighted by atomic mass is 9.89. The number of hydrogen-bond donors (Lipinski definition) is 0. The van der Waals surface area contributed by atoms with Crippen molar-refractivity contribution in [1.82, 2.24) is 4.98 Å². The van der Waals surface area contributed by atoms with Crippen molar-refractivity contribution in [3.63, 3.8) is 0 Å². The summed E-state index contributed by atoms with van der Waals surface area (Å²) in [5, 5.41) is 0.686. The molecule has 0 aliphatic heterocycles. The highest BCUT2D eigenvalue weighted by atomic mass is 35.5. The molecule has 0 saturated heterocycles. The molecule has 24 heavy (non-hydrogen) atoms. The maximum absolute atomic E-state index is 11.5. The smallest absolute Gasteiger partial charge is 0.305 e. The minimum absolute atomic E-state index is 0.243. The van der Waals surface area contributed by atoms with Crippen LogP contribution in [0.1, 0.15) is 56.1 Å². The fourth-order valence-corrected chi connectivity index (χ4v) is 3.34. The maximum Gasteiger partial charge on any atom is 0.305 e. The molecule has 5 heteroatoms. The van der Waals surface area contributed by atoms with Crippen molar-refractivity contribution in [2.45, 2.75) is 50.9 Å². The van der Waals surface area contributed by atoms with Gasteiger partial charge in [0.15, 0.2) is 5.89 Å². The number of rotatable bonds is 5. The Bertz CT molecular complexity index is 687. The Kier molecular flexibility index (Phi) is 5.56. The number of halogens is 1. The van der Waals surface area contributed by atoms with Crippen molar-refractivity contribution in [3.05, 3.63) is 40.9 Å². The first-order valence-electron chi connectivity index (χ1n) is 8.49. The maximum atomic E-state index is 11.5. The summed E-state index contributed by atoms with van der Waals surface area (Å²) in [5.41, 5.74) is 1.78. The number of carbonyl (C=O) groups excluding carboxylic acids is 1. The van der Waals surface area contributed by atoms with E-state index in [4.69, 9.17) is 25.7 Å². The third-order valence-electron chi connectivity index (χ3n) is 4.57. The highest BCUT2D eigenvalue weighted by Gasteiger charge is 2.24. The van der Waals surface area contributed by atoms with Crippen LogP contribution in [0.15, 0.2) is 28.7 Å². The molecule has 0 radical (unpaired) electrons. The first kappa shape index (κ1) is 17.0. The molecule has 0 amide bonds. The van der Waals surface area contributed by atoms with Crippen LogP contribution in [-0.4, -0.2) is 18.1 Å². The van der Waals surface area contributed by atoms with Gasteiger partial charge < -0.3 is 9.15 Å². The second-order valence-corrected chi connectivity index (χ2v) is 6.68. The molecule has 1 heterocycles. The Morgan fingerprint density at radius 2 is 1.96 bits per heavy atom. The van der Waals surface area contributed by atoms with E-state index in [1.807, 2.05) is 24.3 Å². The SMILES string of the molecule is COC(=O)CCc1oc(C2CCCCC2)nc1-c1ccc(Cl)cc1. The van der Waals surface area contributed by atoms with Gasteiger partial charge in [0.25, 0.3) is 0 Å². The Balaban J connectivity index is 1.89. The Morgan fingerprint density at radius 1 is 1.25 bits per heavy atom. The van der Waals surface area contributed by atoms with E-state index in [1.165, 1.54) is 26.4 Å². The Labute approximate surface area is 147 Å². The quantitative estimate of drug-likeness (QED) is 0.702. The van der Waals surface area contributed by atoms with E-state index >= 15 is 0 Å². The largest absolute Gasteiger partial charge is 0.469 e. The van der Waals surface area contributed by atoms with Gasteiger partial charge in [-0.3, -0.25) is 4.79 Å². The summed E-state index contributed by atoms with van der Waals surface area (Å²) in [7, 11) is 1.40. The van der Waals surface area contributed by atoms with Crippen molar-refractivity contribution >= 4 is 17.6 Å². The zero-order valence-corrected chi connectivity index (χ0v) is 14.6. The zero-order valence-electron chi connectivity index (χ0n) is 13.9. The molecule has 1 aromatic carbocycles. The molecule has 0 unspecified atom stereocenters. The monoisotopic (exact) mass is 347 g/mol. The van der Waals surface area contributed by atoms with E-state index in [9.17, 15) is 4.79 Å². The summed E-state index contributed by atoms with van der Waals surface area (Å²) in [6.07, 6.45) is 6.76. The van der Waals surface area contributed by atoms with Gasteiger partial charge in [0.05, 0.1) is 13.5 Å². The van der Waals surface area contributed by atoms with Crippen molar-refractivity contribution in [1.29, 1.82) is 0 Å². The van der Waals surface area contributed by atoms with Crippen LogP contribution >= 0.6 is 11.6 Å². The van der Waals surface area contributed by atoms with Gasteiger partial charge in [0.1, 0.15) is 11.5 Å². The van der Waals surface area contributed by atoms with Crippen molar-refractivity contribution in [2.24, 2.45) is 0 Å². The molecule has 0 atom stereocenters. The first-order valence-corrected chi connectivity index (χ1v) is 8.87. The number of carbonyl (C=O) groups is 1. The van der Waals surface area contributed by atoms with E-state index in [2.05, 4.69) is 0 Å². The minimum Gasteiger partial charge on any atom is -0.469 e. The van der Waals surface area contributed by atoms with E-state index in [-0.39, 0.29) is 12.4 Å². The summed E-state index contributed by atoms with van der Waals surface area (Å²) in [5.74, 6) is 1.70. The zero-order chi connectivity index (χ0) is 16.9. The fraction of sp³-hybridized carbons (Fsp3) is 0.474. The first-order chi connectivity index (χ1) is 11.7. The molecule has 0 spiro atoms. The molecule has 1 saturated carbocycles. The number of nitrogens with zero attached hydrogens (tertiary/aromatic N) is 1. The number of ether oxygens (including phenoxy) is 1. The second kappa shape index (κ2) is 7.84. The van der Waals surface area contributed by atoms with Gasteiger partial charge in [-0.2, -0.15) is 0 Å². The van der Waals surface area contributed by atoms with Gasteiger partial charge in [0, 0.05) is 22.9 Å². The van der Waals surface area contributed by atoms with E-state index in [1.54, 1.807) is 0 Å². The van der Waals surface area contributed by atoms with E-state index in [0.29, 0.717) is 17.4 Å². The molecular formula is C19H22ClNO3. The average molecular weight is 348 g/mol. The number of aromatic nitrogens is 1. The topological polar surface area (TPSA) is 52.3 Å². The molecule has 1 fully saturated rings. The normalized spacial score (nSPS) is 15.4. The van der Waals surface area contributed by atoms with Gasteiger partial charge >= 0.3 is 5.97 Å². The molecule has 4 nitrogen and oxygen atoms in total. The summed E-state index contributed by atoms with van der Waals surface area (Å²) in [6.45, 7) is 0. The number of hydrogen-bond acceptors (Lipinski definition) is 4. The molecule has 128 valence electrons. The molecule has 2 aromatic rings.